The molecule has 1 aromatic carbocycles. The average Bonchev–Trinajstić information content (AvgIpc) is 2.71. The number of rotatable bonds is 18. The lowest BCUT2D eigenvalue weighted by atomic mass is 10.0. The lowest BCUT2D eigenvalue weighted by molar-refractivity contribution is -0.119. The van der Waals surface area contributed by atoms with Gasteiger partial charge in [-0.1, -0.05) is 115 Å². The summed E-state index contributed by atoms with van der Waals surface area (Å²) in [6.45, 7) is 2.26. The van der Waals surface area contributed by atoms with Gasteiger partial charge in [0.15, 0.2) is 0 Å². The lowest BCUT2D eigenvalue weighted by Gasteiger charge is -2.07. The Balaban J connectivity index is 1.91. The maximum Gasteiger partial charge on any atom is 0.264 e. The predicted molar refractivity (Wildman–Crippen MR) is 121 cm³/mol. The third kappa shape index (κ3) is 13.5. The molecule has 0 aliphatic heterocycles. The Morgan fingerprint density at radius 2 is 1.10 bits per heavy atom. The summed E-state index contributed by atoms with van der Waals surface area (Å²) in [6, 6.07) is 8.02. The zero-order valence-electron chi connectivity index (χ0n) is 18.3. The number of hydrogen-bond acceptors (Lipinski definition) is 3. The van der Waals surface area contributed by atoms with Gasteiger partial charge in [-0.25, -0.2) is 13.1 Å². The summed E-state index contributed by atoms with van der Waals surface area (Å²) in [6.07, 6.45) is 19.3. The van der Waals surface area contributed by atoms with Crippen LogP contribution in [-0.2, 0) is 14.8 Å². The molecule has 1 N–H and O–H groups in total. The maximum atomic E-state index is 12.1. The van der Waals surface area contributed by atoms with Crippen LogP contribution in [0.3, 0.4) is 0 Å². The van der Waals surface area contributed by atoms with E-state index in [9.17, 15) is 13.2 Å². The third-order valence-electron chi connectivity index (χ3n) is 5.31. The molecule has 0 spiro atoms. The van der Waals surface area contributed by atoms with Gasteiger partial charge in [0.2, 0.25) is 5.91 Å². The Morgan fingerprint density at radius 1 is 0.690 bits per heavy atom. The molecular formula is C24H41NO3S. The molecule has 0 bridgehead atoms. The first-order valence-electron chi connectivity index (χ1n) is 11.7. The molecule has 29 heavy (non-hydrogen) atoms. The average molecular weight is 424 g/mol. The molecule has 5 heteroatoms. The normalized spacial score (nSPS) is 11.5. The van der Waals surface area contributed by atoms with Gasteiger partial charge >= 0.3 is 0 Å². The van der Waals surface area contributed by atoms with Crippen LogP contribution in [0.25, 0.3) is 0 Å². The summed E-state index contributed by atoms with van der Waals surface area (Å²) < 4.78 is 26.3. The number of sulfonamides is 1. The Kier molecular flexibility index (Phi) is 14.6. The molecule has 0 heterocycles. The van der Waals surface area contributed by atoms with Crippen molar-refractivity contribution in [2.75, 3.05) is 0 Å². The van der Waals surface area contributed by atoms with E-state index in [1.807, 2.05) is 0 Å². The molecule has 0 saturated heterocycles. The monoisotopic (exact) mass is 423 g/mol. The summed E-state index contributed by atoms with van der Waals surface area (Å²) in [5, 5.41) is 0. The van der Waals surface area contributed by atoms with Crippen LogP contribution in [-0.4, -0.2) is 14.3 Å². The van der Waals surface area contributed by atoms with Gasteiger partial charge in [0, 0.05) is 6.42 Å². The summed E-state index contributed by atoms with van der Waals surface area (Å²) >= 11 is 0. The molecule has 0 radical (unpaired) electrons. The molecule has 166 valence electrons. The first-order valence-corrected chi connectivity index (χ1v) is 13.2. The van der Waals surface area contributed by atoms with Gasteiger partial charge in [0.25, 0.3) is 10.0 Å². The van der Waals surface area contributed by atoms with E-state index in [0.717, 1.165) is 19.3 Å². The van der Waals surface area contributed by atoms with Crippen molar-refractivity contribution < 1.29 is 13.2 Å². The van der Waals surface area contributed by atoms with Crippen LogP contribution in [0, 0.1) is 0 Å². The van der Waals surface area contributed by atoms with E-state index in [-0.39, 0.29) is 11.3 Å². The fourth-order valence-electron chi connectivity index (χ4n) is 3.52. The van der Waals surface area contributed by atoms with Crippen molar-refractivity contribution in [3.63, 3.8) is 0 Å². The molecule has 0 aliphatic rings. The van der Waals surface area contributed by atoms with Crippen molar-refractivity contribution >= 4 is 15.9 Å². The molecule has 4 nitrogen and oxygen atoms in total. The zero-order valence-corrected chi connectivity index (χ0v) is 19.1. The van der Waals surface area contributed by atoms with E-state index in [2.05, 4.69) is 11.6 Å². The van der Waals surface area contributed by atoms with E-state index in [4.69, 9.17) is 0 Å². The highest BCUT2D eigenvalue weighted by atomic mass is 32.2. The van der Waals surface area contributed by atoms with Crippen molar-refractivity contribution in [2.24, 2.45) is 0 Å². The zero-order chi connectivity index (χ0) is 21.2. The van der Waals surface area contributed by atoms with E-state index in [1.54, 1.807) is 18.2 Å². The van der Waals surface area contributed by atoms with Gasteiger partial charge in [-0.3, -0.25) is 4.79 Å². The standard InChI is InChI=1S/C24H41NO3S/c1-2-3-4-5-6-7-8-9-10-11-12-13-14-15-19-22-24(26)25-29(27,28)23-20-17-16-18-21-23/h16-18,20-21H,2-15,19,22H2,1H3,(H,25,26). The van der Waals surface area contributed by atoms with E-state index in [0.29, 0.717) is 0 Å². The summed E-state index contributed by atoms with van der Waals surface area (Å²) in [5.74, 6) is -0.413. The minimum absolute atomic E-state index is 0.129. The van der Waals surface area contributed by atoms with Crippen molar-refractivity contribution in [3.8, 4) is 0 Å². The largest absolute Gasteiger partial charge is 0.274 e. The molecular weight excluding hydrogens is 382 g/mol. The Hall–Kier alpha value is -1.36. The van der Waals surface area contributed by atoms with E-state index < -0.39 is 15.9 Å². The second-order valence-corrected chi connectivity index (χ2v) is 9.72. The minimum atomic E-state index is -3.73. The summed E-state index contributed by atoms with van der Waals surface area (Å²) in [5.41, 5.74) is 0. The van der Waals surface area contributed by atoms with Crippen LogP contribution in [0.4, 0.5) is 0 Å². The highest BCUT2D eigenvalue weighted by molar-refractivity contribution is 7.90. The first kappa shape index (κ1) is 25.7. The highest BCUT2D eigenvalue weighted by Crippen LogP contribution is 2.14. The molecule has 1 amide bonds. The summed E-state index contributed by atoms with van der Waals surface area (Å²) in [7, 11) is -3.73. The number of hydrogen-bond donors (Lipinski definition) is 1. The van der Waals surface area contributed by atoms with E-state index in [1.165, 1.54) is 89.2 Å². The van der Waals surface area contributed by atoms with Gasteiger partial charge in [-0.15, -0.1) is 0 Å². The molecule has 1 aromatic rings. The van der Waals surface area contributed by atoms with Crippen LogP contribution in [0.1, 0.15) is 110 Å². The van der Waals surface area contributed by atoms with Crippen molar-refractivity contribution in [1.29, 1.82) is 0 Å². The number of unbranched alkanes of at least 4 members (excludes halogenated alkanes) is 14. The molecule has 0 unspecified atom stereocenters. The Labute approximate surface area is 178 Å². The fourth-order valence-corrected chi connectivity index (χ4v) is 4.55. The smallest absolute Gasteiger partial charge is 0.264 e. The van der Waals surface area contributed by atoms with Crippen molar-refractivity contribution in [1.82, 2.24) is 4.72 Å². The molecule has 0 saturated carbocycles. The second kappa shape index (κ2) is 16.4. The number of carbonyl (C=O) groups excluding carboxylic acids is 1. The maximum absolute atomic E-state index is 12.1. The SMILES string of the molecule is CCCCCCCCCCCCCCCCCC(=O)NS(=O)(=O)c1ccccc1. The second-order valence-electron chi connectivity index (χ2n) is 8.04. The van der Waals surface area contributed by atoms with Crippen LogP contribution in [0.2, 0.25) is 0 Å². The molecule has 0 aromatic heterocycles. The summed E-state index contributed by atoms with van der Waals surface area (Å²) in [4.78, 5) is 12.0. The minimum Gasteiger partial charge on any atom is -0.274 e. The predicted octanol–water partition coefficient (Wildman–Crippen LogP) is 6.75. The first-order chi connectivity index (χ1) is 14.1. The fraction of sp³-hybridized carbons (Fsp3) is 0.708. The molecule has 0 atom stereocenters. The molecule has 0 aliphatic carbocycles. The van der Waals surface area contributed by atoms with Crippen LogP contribution < -0.4 is 4.72 Å². The van der Waals surface area contributed by atoms with Gasteiger partial charge in [-0.05, 0) is 18.6 Å². The van der Waals surface area contributed by atoms with Crippen molar-refractivity contribution in [3.05, 3.63) is 30.3 Å². The molecule has 1 rings (SSSR count). The van der Waals surface area contributed by atoms with Gasteiger partial charge in [-0.2, -0.15) is 0 Å². The third-order valence-corrected chi connectivity index (χ3v) is 6.70. The highest BCUT2D eigenvalue weighted by Gasteiger charge is 2.16. The Bertz CT molecular complexity index is 629. The van der Waals surface area contributed by atoms with Crippen molar-refractivity contribution in [2.45, 2.75) is 115 Å². The van der Waals surface area contributed by atoms with Crippen LogP contribution in [0.5, 0.6) is 0 Å². The van der Waals surface area contributed by atoms with Gasteiger partial charge < -0.3 is 0 Å². The lowest BCUT2D eigenvalue weighted by Crippen LogP contribution is -2.30. The number of nitrogens with one attached hydrogen (secondary N) is 1. The van der Waals surface area contributed by atoms with E-state index >= 15 is 0 Å². The Morgan fingerprint density at radius 3 is 1.55 bits per heavy atom. The van der Waals surface area contributed by atoms with Gasteiger partial charge in [0.1, 0.15) is 0 Å². The number of carbonyl (C=O) groups is 1. The quantitative estimate of drug-likeness (QED) is 0.265. The topological polar surface area (TPSA) is 63.2 Å². The number of benzene rings is 1. The van der Waals surface area contributed by atoms with Gasteiger partial charge in [0.05, 0.1) is 4.90 Å². The van der Waals surface area contributed by atoms with Crippen LogP contribution >= 0.6 is 0 Å². The molecule has 0 fully saturated rings. The number of amides is 1. The van der Waals surface area contributed by atoms with Crippen LogP contribution in [0.15, 0.2) is 35.2 Å².